The van der Waals surface area contributed by atoms with Crippen molar-refractivity contribution in [3.63, 3.8) is 0 Å². The first-order valence-corrected chi connectivity index (χ1v) is 10.1. The summed E-state index contributed by atoms with van der Waals surface area (Å²) in [6.45, 7) is 16.8. The molecular weight excluding hydrogens is 356 g/mol. The number of ether oxygens (including phenoxy) is 3. The van der Waals surface area contributed by atoms with Gasteiger partial charge in [0.15, 0.2) is 6.29 Å². The zero-order valence-electron chi connectivity index (χ0n) is 18.2. The van der Waals surface area contributed by atoms with Gasteiger partial charge in [-0.05, 0) is 60.6 Å². The van der Waals surface area contributed by atoms with Crippen molar-refractivity contribution >= 4 is 11.8 Å². The van der Waals surface area contributed by atoms with Crippen molar-refractivity contribution < 1.29 is 19.0 Å². The maximum absolute atomic E-state index is 12.3. The van der Waals surface area contributed by atoms with Crippen LogP contribution in [0.3, 0.4) is 0 Å². The van der Waals surface area contributed by atoms with Crippen molar-refractivity contribution in [1.29, 1.82) is 0 Å². The molecule has 2 saturated heterocycles. The highest BCUT2D eigenvalue weighted by molar-refractivity contribution is 5.68. The second-order valence-electron chi connectivity index (χ2n) is 9.64. The Bertz CT molecular complexity index is 699. The second-order valence-corrected chi connectivity index (χ2v) is 9.64. The molecule has 2 heterocycles. The van der Waals surface area contributed by atoms with Gasteiger partial charge in [0.2, 0.25) is 0 Å². The van der Waals surface area contributed by atoms with Crippen LogP contribution in [0.1, 0.15) is 60.3 Å². The number of hydrogen-bond donors (Lipinski definition) is 0. The SMILES string of the molecule is CC(C)(C)OC(=O)N1CCN(c2cccc(C3OC(C)(C)C(C)(C)O3)c2)CC1. The van der Waals surface area contributed by atoms with Gasteiger partial charge < -0.3 is 24.0 Å². The van der Waals surface area contributed by atoms with Gasteiger partial charge in [0, 0.05) is 37.4 Å². The van der Waals surface area contributed by atoms with E-state index in [2.05, 4.69) is 44.7 Å². The monoisotopic (exact) mass is 390 g/mol. The van der Waals surface area contributed by atoms with Crippen LogP contribution in [0, 0.1) is 0 Å². The van der Waals surface area contributed by atoms with Gasteiger partial charge in [0.25, 0.3) is 0 Å². The van der Waals surface area contributed by atoms with Gasteiger partial charge >= 0.3 is 6.09 Å². The highest BCUT2D eigenvalue weighted by atomic mass is 16.7. The molecule has 0 bridgehead atoms. The Morgan fingerprint density at radius 3 is 2.14 bits per heavy atom. The predicted octanol–water partition coefficient (Wildman–Crippen LogP) is 4.35. The van der Waals surface area contributed by atoms with Gasteiger partial charge in [0.1, 0.15) is 5.60 Å². The Kier molecular flexibility index (Phi) is 5.40. The van der Waals surface area contributed by atoms with Crippen LogP contribution in [0.25, 0.3) is 0 Å². The molecule has 0 N–H and O–H groups in total. The van der Waals surface area contributed by atoms with Crippen molar-refractivity contribution in [2.45, 2.75) is 71.6 Å². The summed E-state index contributed by atoms with van der Waals surface area (Å²) >= 11 is 0. The van der Waals surface area contributed by atoms with E-state index in [1.807, 2.05) is 32.9 Å². The average Bonchev–Trinajstić information content (AvgIpc) is 2.81. The number of anilines is 1. The minimum Gasteiger partial charge on any atom is -0.444 e. The van der Waals surface area contributed by atoms with Gasteiger partial charge in [-0.25, -0.2) is 4.79 Å². The maximum Gasteiger partial charge on any atom is 0.410 e. The molecule has 1 aromatic carbocycles. The van der Waals surface area contributed by atoms with Crippen molar-refractivity contribution in [3.8, 4) is 0 Å². The molecule has 3 rings (SSSR count). The van der Waals surface area contributed by atoms with Crippen LogP contribution in [-0.4, -0.2) is 54.0 Å². The highest BCUT2D eigenvalue weighted by Crippen LogP contribution is 2.45. The third-order valence-electron chi connectivity index (χ3n) is 5.69. The van der Waals surface area contributed by atoms with Gasteiger partial charge in [0.05, 0.1) is 11.2 Å². The number of piperazine rings is 1. The Morgan fingerprint density at radius 1 is 1.04 bits per heavy atom. The second kappa shape index (κ2) is 7.23. The summed E-state index contributed by atoms with van der Waals surface area (Å²) in [7, 11) is 0. The predicted molar refractivity (Wildman–Crippen MR) is 110 cm³/mol. The summed E-state index contributed by atoms with van der Waals surface area (Å²) in [6, 6.07) is 8.31. The van der Waals surface area contributed by atoms with E-state index in [1.54, 1.807) is 4.90 Å². The Labute approximate surface area is 168 Å². The van der Waals surface area contributed by atoms with Gasteiger partial charge in [-0.3, -0.25) is 0 Å². The summed E-state index contributed by atoms with van der Waals surface area (Å²) in [4.78, 5) is 16.3. The van der Waals surface area contributed by atoms with Crippen molar-refractivity contribution in [3.05, 3.63) is 29.8 Å². The first-order valence-electron chi connectivity index (χ1n) is 10.1. The summed E-state index contributed by atoms with van der Waals surface area (Å²) in [5.74, 6) is 0. The lowest BCUT2D eigenvalue weighted by Gasteiger charge is -2.37. The molecule has 0 saturated carbocycles. The van der Waals surface area contributed by atoms with Gasteiger partial charge in [-0.15, -0.1) is 0 Å². The number of carbonyl (C=O) groups is 1. The van der Waals surface area contributed by atoms with E-state index in [4.69, 9.17) is 14.2 Å². The van der Waals surface area contributed by atoms with E-state index >= 15 is 0 Å². The molecule has 0 atom stereocenters. The molecular formula is C22H34N2O4. The highest BCUT2D eigenvalue weighted by Gasteiger charge is 2.49. The van der Waals surface area contributed by atoms with Crippen LogP contribution in [0.4, 0.5) is 10.5 Å². The zero-order chi connectivity index (χ0) is 20.7. The minimum atomic E-state index is -0.467. The molecule has 0 radical (unpaired) electrons. The summed E-state index contributed by atoms with van der Waals surface area (Å²) in [5.41, 5.74) is 0.965. The first-order chi connectivity index (χ1) is 12.9. The smallest absolute Gasteiger partial charge is 0.410 e. The molecule has 6 nitrogen and oxygen atoms in total. The van der Waals surface area contributed by atoms with E-state index in [-0.39, 0.29) is 23.6 Å². The van der Waals surface area contributed by atoms with Crippen LogP contribution >= 0.6 is 0 Å². The zero-order valence-corrected chi connectivity index (χ0v) is 18.2. The number of nitrogens with zero attached hydrogens (tertiary/aromatic N) is 2. The van der Waals surface area contributed by atoms with Crippen LogP contribution in [0.15, 0.2) is 24.3 Å². The third kappa shape index (κ3) is 4.44. The Hall–Kier alpha value is -1.79. The number of rotatable bonds is 2. The average molecular weight is 391 g/mol. The van der Waals surface area contributed by atoms with E-state index in [1.165, 1.54) is 0 Å². The molecule has 28 heavy (non-hydrogen) atoms. The minimum absolute atomic E-state index is 0.238. The largest absolute Gasteiger partial charge is 0.444 e. The van der Waals surface area contributed by atoms with E-state index in [0.29, 0.717) is 13.1 Å². The van der Waals surface area contributed by atoms with Crippen LogP contribution < -0.4 is 4.90 Å². The fourth-order valence-corrected chi connectivity index (χ4v) is 3.32. The summed E-state index contributed by atoms with van der Waals surface area (Å²) < 4.78 is 17.8. The molecule has 2 aliphatic heterocycles. The van der Waals surface area contributed by atoms with Crippen LogP contribution in [0.5, 0.6) is 0 Å². The standard InChI is InChI=1S/C22H34N2O4/c1-20(2,3)28-19(25)24-13-11-23(12-14-24)17-10-8-9-16(15-17)18-26-21(4,5)22(6,7)27-18/h8-10,15,18H,11-14H2,1-7H3. The molecule has 1 amide bonds. The van der Waals surface area contributed by atoms with Crippen LogP contribution in [0.2, 0.25) is 0 Å². The number of carbonyl (C=O) groups excluding carboxylic acids is 1. The Balaban J connectivity index is 1.64. The quantitative estimate of drug-likeness (QED) is 0.752. The van der Waals surface area contributed by atoms with Gasteiger partial charge in [-0.2, -0.15) is 0 Å². The number of benzene rings is 1. The van der Waals surface area contributed by atoms with Crippen molar-refractivity contribution in [1.82, 2.24) is 4.90 Å². The lowest BCUT2D eigenvalue weighted by Crippen LogP contribution is -2.50. The molecule has 1 aromatic rings. The van der Waals surface area contributed by atoms with Crippen LogP contribution in [-0.2, 0) is 14.2 Å². The molecule has 6 heteroatoms. The fourth-order valence-electron chi connectivity index (χ4n) is 3.32. The van der Waals surface area contributed by atoms with Crippen molar-refractivity contribution in [2.75, 3.05) is 31.1 Å². The lowest BCUT2D eigenvalue weighted by molar-refractivity contribution is -0.0895. The fraction of sp³-hybridized carbons (Fsp3) is 0.682. The molecule has 0 aromatic heterocycles. The third-order valence-corrected chi connectivity index (χ3v) is 5.69. The summed E-state index contributed by atoms with van der Waals surface area (Å²) in [5, 5.41) is 0. The first kappa shape index (κ1) is 20.9. The molecule has 156 valence electrons. The topological polar surface area (TPSA) is 51.2 Å². The number of amides is 1. The lowest BCUT2D eigenvalue weighted by atomic mass is 9.90. The maximum atomic E-state index is 12.3. The van der Waals surface area contributed by atoms with E-state index < -0.39 is 5.60 Å². The summed E-state index contributed by atoms with van der Waals surface area (Å²) in [6.07, 6.45) is -0.605. The van der Waals surface area contributed by atoms with E-state index in [0.717, 1.165) is 24.3 Å². The normalized spacial score (nSPS) is 22.4. The van der Waals surface area contributed by atoms with Gasteiger partial charge in [-0.1, -0.05) is 12.1 Å². The van der Waals surface area contributed by atoms with E-state index in [9.17, 15) is 4.79 Å². The molecule has 0 unspecified atom stereocenters. The molecule has 2 aliphatic rings. The molecule has 0 aliphatic carbocycles. The number of hydrogen-bond acceptors (Lipinski definition) is 5. The molecule has 0 spiro atoms. The van der Waals surface area contributed by atoms with Crippen molar-refractivity contribution in [2.24, 2.45) is 0 Å². The molecule has 2 fully saturated rings. The Morgan fingerprint density at radius 2 is 1.61 bits per heavy atom.